The molecule has 26 heavy (non-hydrogen) atoms. The Kier molecular flexibility index (Phi) is 6.67. The third kappa shape index (κ3) is 5.28. The molecule has 1 atom stereocenters. The molecule has 2 N–H and O–H groups in total. The van der Waals surface area contributed by atoms with Gasteiger partial charge in [-0.2, -0.15) is 5.10 Å². The predicted octanol–water partition coefficient (Wildman–Crippen LogP) is 2.77. The molecule has 0 heterocycles. The summed E-state index contributed by atoms with van der Waals surface area (Å²) in [5.74, 6) is -0.807. The van der Waals surface area contributed by atoms with Crippen LogP contribution in [0.25, 0.3) is 0 Å². The Morgan fingerprint density at radius 3 is 2.62 bits per heavy atom. The zero-order chi connectivity index (χ0) is 19.1. The largest absolute Gasteiger partial charge is 0.872 e. The molecule has 0 spiro atoms. The molecule has 0 aliphatic carbocycles. The van der Waals surface area contributed by atoms with E-state index in [1.807, 2.05) is 31.2 Å². The summed E-state index contributed by atoms with van der Waals surface area (Å²) in [5, 5.41) is 29.2. The molecular formula is C17H16BrN4O4-. The molecule has 136 valence electrons. The highest BCUT2D eigenvalue weighted by Crippen LogP contribution is 2.19. The molecule has 0 bridgehead atoms. The molecule has 0 saturated heterocycles. The molecule has 0 aliphatic rings. The zero-order valence-corrected chi connectivity index (χ0v) is 15.4. The standard InChI is InChI=1S/C17H17BrN4O4/c1-2-15(20-13-5-3-12(18)4-6-13)17(24)21-19-10-11-9-14(22(25)26)7-8-16(11)23/h3-10,15,20,23H,2H2,1H3,(H,21,24)/p-1. The van der Waals surface area contributed by atoms with Crippen molar-refractivity contribution >= 4 is 39.4 Å². The second-order valence-electron chi connectivity index (χ2n) is 5.33. The fourth-order valence-electron chi connectivity index (χ4n) is 2.09. The maximum absolute atomic E-state index is 12.2. The first-order valence-corrected chi connectivity index (χ1v) is 8.50. The van der Waals surface area contributed by atoms with E-state index in [0.29, 0.717) is 6.42 Å². The van der Waals surface area contributed by atoms with Crippen molar-refractivity contribution in [2.24, 2.45) is 5.10 Å². The van der Waals surface area contributed by atoms with E-state index in [4.69, 9.17) is 0 Å². The van der Waals surface area contributed by atoms with Crippen LogP contribution in [0.5, 0.6) is 5.75 Å². The van der Waals surface area contributed by atoms with Gasteiger partial charge in [-0.3, -0.25) is 14.9 Å². The Balaban J connectivity index is 2.01. The number of carbonyl (C=O) groups is 1. The van der Waals surface area contributed by atoms with E-state index >= 15 is 0 Å². The molecule has 2 aromatic carbocycles. The van der Waals surface area contributed by atoms with E-state index in [9.17, 15) is 20.0 Å². The lowest BCUT2D eigenvalue weighted by Crippen LogP contribution is -2.36. The Morgan fingerprint density at radius 2 is 2.00 bits per heavy atom. The number of nitrogens with zero attached hydrogens (tertiary/aromatic N) is 2. The fraction of sp³-hybridized carbons (Fsp3) is 0.176. The first-order valence-electron chi connectivity index (χ1n) is 7.71. The zero-order valence-electron chi connectivity index (χ0n) is 13.8. The smallest absolute Gasteiger partial charge is 0.270 e. The van der Waals surface area contributed by atoms with Crippen LogP contribution < -0.4 is 15.8 Å². The summed E-state index contributed by atoms with van der Waals surface area (Å²) in [5.41, 5.74) is 2.92. The summed E-state index contributed by atoms with van der Waals surface area (Å²) in [4.78, 5) is 22.4. The first-order chi connectivity index (χ1) is 12.4. The van der Waals surface area contributed by atoms with Gasteiger partial charge in [-0.15, -0.1) is 0 Å². The molecule has 0 fully saturated rings. The van der Waals surface area contributed by atoms with Crippen LogP contribution in [0.2, 0.25) is 0 Å². The number of hydrogen-bond acceptors (Lipinski definition) is 6. The Morgan fingerprint density at radius 1 is 1.31 bits per heavy atom. The van der Waals surface area contributed by atoms with E-state index in [1.54, 1.807) is 0 Å². The van der Waals surface area contributed by atoms with Gasteiger partial charge in [0.1, 0.15) is 6.04 Å². The second-order valence-corrected chi connectivity index (χ2v) is 6.24. The van der Waals surface area contributed by atoms with E-state index < -0.39 is 16.7 Å². The van der Waals surface area contributed by atoms with Gasteiger partial charge < -0.3 is 10.4 Å². The summed E-state index contributed by atoms with van der Waals surface area (Å²) in [6.45, 7) is 1.84. The van der Waals surface area contributed by atoms with Crippen molar-refractivity contribution in [2.75, 3.05) is 5.32 Å². The molecule has 0 aliphatic heterocycles. The number of rotatable bonds is 7. The maximum Gasteiger partial charge on any atom is 0.270 e. The predicted molar refractivity (Wildman–Crippen MR) is 100 cm³/mol. The number of benzene rings is 2. The minimum Gasteiger partial charge on any atom is -0.872 e. The van der Waals surface area contributed by atoms with Crippen LogP contribution in [0.4, 0.5) is 11.4 Å². The monoisotopic (exact) mass is 419 g/mol. The first kappa shape index (κ1) is 19.4. The van der Waals surface area contributed by atoms with Gasteiger partial charge in [-0.1, -0.05) is 34.7 Å². The fourth-order valence-corrected chi connectivity index (χ4v) is 2.36. The van der Waals surface area contributed by atoms with Gasteiger partial charge in [0.05, 0.1) is 11.1 Å². The van der Waals surface area contributed by atoms with E-state index in [2.05, 4.69) is 31.8 Å². The van der Waals surface area contributed by atoms with Crippen LogP contribution in [0.15, 0.2) is 52.0 Å². The van der Waals surface area contributed by atoms with Gasteiger partial charge in [0, 0.05) is 22.3 Å². The van der Waals surface area contributed by atoms with Gasteiger partial charge in [0.15, 0.2) is 0 Å². The third-order valence-corrected chi connectivity index (χ3v) is 4.02. The molecule has 9 heteroatoms. The van der Waals surface area contributed by atoms with Gasteiger partial charge in [0.25, 0.3) is 11.6 Å². The van der Waals surface area contributed by atoms with Crippen molar-refractivity contribution in [1.82, 2.24) is 5.43 Å². The van der Waals surface area contributed by atoms with E-state index in [1.165, 1.54) is 0 Å². The average Bonchev–Trinajstić information content (AvgIpc) is 2.62. The van der Waals surface area contributed by atoms with Crippen LogP contribution >= 0.6 is 15.9 Å². The molecule has 0 saturated carbocycles. The molecule has 2 rings (SSSR count). The summed E-state index contributed by atoms with van der Waals surface area (Å²) < 4.78 is 0.926. The summed E-state index contributed by atoms with van der Waals surface area (Å²) in [6, 6.07) is 10.2. The second kappa shape index (κ2) is 8.95. The number of halogens is 1. The minimum atomic E-state index is -0.607. The highest BCUT2D eigenvalue weighted by atomic mass is 79.9. The van der Waals surface area contributed by atoms with Crippen LogP contribution in [0, 0.1) is 10.1 Å². The molecule has 1 unspecified atom stereocenters. The van der Waals surface area contributed by atoms with Gasteiger partial charge in [-0.25, -0.2) is 5.43 Å². The number of carbonyl (C=O) groups excluding carboxylic acids is 1. The average molecular weight is 420 g/mol. The Bertz CT molecular complexity index is 824. The molecule has 2 aromatic rings. The lowest BCUT2D eigenvalue weighted by Gasteiger charge is -2.16. The van der Waals surface area contributed by atoms with Crippen molar-refractivity contribution in [2.45, 2.75) is 19.4 Å². The molecular weight excluding hydrogens is 404 g/mol. The quantitative estimate of drug-likeness (QED) is 0.406. The molecule has 1 amide bonds. The topological polar surface area (TPSA) is 120 Å². The summed E-state index contributed by atoms with van der Waals surface area (Å²) in [7, 11) is 0. The van der Waals surface area contributed by atoms with Crippen molar-refractivity contribution in [3.63, 3.8) is 0 Å². The normalized spacial score (nSPS) is 11.9. The number of nitro benzene ring substituents is 1. The number of amides is 1. The van der Waals surface area contributed by atoms with Crippen LogP contribution in [-0.2, 0) is 4.79 Å². The lowest BCUT2D eigenvalue weighted by atomic mass is 10.2. The number of non-ortho nitro benzene ring substituents is 1. The highest BCUT2D eigenvalue weighted by Gasteiger charge is 2.15. The van der Waals surface area contributed by atoms with Crippen LogP contribution in [0.1, 0.15) is 18.9 Å². The number of nitro groups is 1. The lowest BCUT2D eigenvalue weighted by molar-refractivity contribution is -0.385. The SMILES string of the molecule is CCC(Nc1ccc(Br)cc1)C(=O)NN=Cc1cc([N+](=O)[O-])ccc1[O-]. The van der Waals surface area contributed by atoms with Crippen molar-refractivity contribution in [3.05, 3.63) is 62.6 Å². The summed E-state index contributed by atoms with van der Waals surface area (Å²) in [6.07, 6.45) is 1.61. The molecule has 8 nitrogen and oxygen atoms in total. The molecule has 0 radical (unpaired) electrons. The minimum absolute atomic E-state index is 0.0217. The number of anilines is 1. The van der Waals surface area contributed by atoms with Gasteiger partial charge in [-0.05, 0) is 36.2 Å². The number of hydrogen-bond donors (Lipinski definition) is 2. The Hall–Kier alpha value is -2.94. The maximum atomic E-state index is 12.2. The summed E-state index contributed by atoms with van der Waals surface area (Å²) >= 11 is 3.34. The Labute approximate surface area is 158 Å². The van der Waals surface area contributed by atoms with Crippen molar-refractivity contribution in [1.29, 1.82) is 0 Å². The van der Waals surface area contributed by atoms with Crippen molar-refractivity contribution < 1.29 is 14.8 Å². The van der Waals surface area contributed by atoms with E-state index in [0.717, 1.165) is 34.6 Å². The van der Waals surface area contributed by atoms with E-state index in [-0.39, 0.29) is 17.2 Å². The van der Waals surface area contributed by atoms with Crippen molar-refractivity contribution in [3.8, 4) is 5.75 Å². The highest BCUT2D eigenvalue weighted by molar-refractivity contribution is 9.10. The third-order valence-electron chi connectivity index (χ3n) is 3.49. The van der Waals surface area contributed by atoms with Crippen LogP contribution in [0.3, 0.4) is 0 Å². The van der Waals surface area contributed by atoms with Gasteiger partial charge >= 0.3 is 0 Å². The number of hydrazone groups is 1. The molecule has 0 aromatic heterocycles. The number of nitrogens with one attached hydrogen (secondary N) is 2. The van der Waals surface area contributed by atoms with Gasteiger partial charge in [0.2, 0.25) is 0 Å². The van der Waals surface area contributed by atoms with Crippen LogP contribution in [-0.4, -0.2) is 23.1 Å².